The predicted octanol–water partition coefficient (Wildman–Crippen LogP) is 21.3. The molecule has 0 amide bonds. The Morgan fingerprint density at radius 2 is 0.516 bits per heavy atom. The van der Waals surface area contributed by atoms with Gasteiger partial charge in [-0.1, -0.05) is 319 Å². The van der Waals surface area contributed by atoms with Gasteiger partial charge in [0.05, 0.1) is 26.4 Å². The molecule has 0 rings (SSSR count). The zero-order chi connectivity index (χ0) is 68.9. The molecule has 0 heterocycles. The number of rotatable bonds is 71. The van der Waals surface area contributed by atoms with Gasteiger partial charge in [0.2, 0.25) is 0 Å². The molecule has 0 aliphatic heterocycles. The Hall–Kier alpha value is -1.94. The van der Waals surface area contributed by atoms with Gasteiger partial charge in [-0.25, -0.2) is 9.13 Å². The predicted molar refractivity (Wildman–Crippen MR) is 377 cm³/mol. The van der Waals surface area contributed by atoms with E-state index in [1.165, 1.54) is 167 Å². The maximum Gasteiger partial charge on any atom is 0.472 e. The monoisotopic (exact) mass is 1370 g/mol. The van der Waals surface area contributed by atoms with Gasteiger partial charge in [0.25, 0.3) is 0 Å². The van der Waals surface area contributed by atoms with E-state index < -0.39 is 97.5 Å². The topological polar surface area (TPSA) is 237 Å². The van der Waals surface area contributed by atoms with Crippen LogP contribution in [0.1, 0.15) is 370 Å². The van der Waals surface area contributed by atoms with E-state index in [4.69, 9.17) is 37.0 Å². The van der Waals surface area contributed by atoms with Crippen LogP contribution in [0.2, 0.25) is 0 Å². The fourth-order valence-electron chi connectivity index (χ4n) is 11.2. The molecule has 0 fully saturated rings. The first-order valence-electron chi connectivity index (χ1n) is 38.2. The fourth-order valence-corrected chi connectivity index (χ4v) is 12.7. The van der Waals surface area contributed by atoms with E-state index in [-0.39, 0.29) is 25.7 Å². The molecule has 0 aromatic heterocycles. The van der Waals surface area contributed by atoms with E-state index in [0.717, 1.165) is 114 Å². The van der Waals surface area contributed by atoms with Gasteiger partial charge in [-0.15, -0.1) is 0 Å². The number of esters is 4. The Balaban J connectivity index is 5.15. The zero-order valence-electron chi connectivity index (χ0n) is 60.9. The zero-order valence-corrected chi connectivity index (χ0v) is 62.7. The van der Waals surface area contributed by atoms with Crippen LogP contribution in [-0.2, 0) is 65.4 Å². The maximum absolute atomic E-state index is 13.0. The minimum Gasteiger partial charge on any atom is -0.462 e. The lowest BCUT2D eigenvalue weighted by atomic mass is 10.00. The summed E-state index contributed by atoms with van der Waals surface area (Å²) in [6.07, 6.45) is 47.6. The molecule has 0 saturated heterocycles. The highest BCUT2D eigenvalue weighted by Crippen LogP contribution is 2.45. The van der Waals surface area contributed by atoms with Crippen LogP contribution < -0.4 is 0 Å². The number of unbranched alkanes of at least 4 members (excludes halogenated alkanes) is 36. The number of hydrogen-bond donors (Lipinski definition) is 3. The number of aliphatic hydroxyl groups is 1. The van der Waals surface area contributed by atoms with E-state index in [1.807, 2.05) is 0 Å². The van der Waals surface area contributed by atoms with Gasteiger partial charge in [-0.3, -0.25) is 37.3 Å². The van der Waals surface area contributed by atoms with Gasteiger partial charge in [0, 0.05) is 25.7 Å². The fraction of sp³-hybridized carbons (Fsp3) is 0.946. The number of hydrogen-bond acceptors (Lipinski definition) is 15. The SMILES string of the molecule is CCC(C)CCCCCCCCC(=O)O[C@H](COC(=O)CCCCCCCCCCCCC(C)C)COP(=O)(O)OCC(O)COP(=O)(O)OC[C@@H](COC(=O)CCCCCCCCC(C)C)OC(=O)CCCCCCCCCCCCCCCCCCCCC(C)C. The average Bonchev–Trinajstić information content (AvgIpc) is 2.62. The number of phosphoric acid groups is 2. The largest absolute Gasteiger partial charge is 0.472 e. The summed E-state index contributed by atoms with van der Waals surface area (Å²) in [5.74, 6) is 0.849. The van der Waals surface area contributed by atoms with Crippen molar-refractivity contribution in [3.05, 3.63) is 0 Å². The van der Waals surface area contributed by atoms with Gasteiger partial charge >= 0.3 is 39.5 Å². The molecule has 0 radical (unpaired) electrons. The van der Waals surface area contributed by atoms with Gasteiger partial charge in [0.15, 0.2) is 12.2 Å². The van der Waals surface area contributed by atoms with Crippen LogP contribution >= 0.6 is 15.6 Å². The molecule has 0 aliphatic rings. The highest BCUT2D eigenvalue weighted by molar-refractivity contribution is 7.47. The Labute approximate surface area is 568 Å². The summed E-state index contributed by atoms with van der Waals surface area (Å²) in [5, 5.41) is 10.6. The molecular weight excluding hydrogens is 1220 g/mol. The second-order valence-electron chi connectivity index (χ2n) is 28.4. The number of aliphatic hydroxyl groups excluding tert-OH is 1. The third kappa shape index (κ3) is 67.0. The van der Waals surface area contributed by atoms with Crippen molar-refractivity contribution in [2.75, 3.05) is 39.6 Å². The number of ether oxygens (including phenoxy) is 4. The average molecular weight is 1370 g/mol. The van der Waals surface area contributed by atoms with Crippen LogP contribution in [0.15, 0.2) is 0 Å². The van der Waals surface area contributed by atoms with Crippen molar-refractivity contribution in [3.8, 4) is 0 Å². The Morgan fingerprint density at radius 3 is 0.763 bits per heavy atom. The van der Waals surface area contributed by atoms with Crippen molar-refractivity contribution >= 4 is 39.5 Å². The Bertz CT molecular complexity index is 1840. The van der Waals surface area contributed by atoms with Crippen LogP contribution in [0.4, 0.5) is 0 Å². The molecule has 0 saturated carbocycles. The summed E-state index contributed by atoms with van der Waals surface area (Å²) in [6.45, 7) is 14.1. The highest BCUT2D eigenvalue weighted by Gasteiger charge is 2.30. The Morgan fingerprint density at radius 1 is 0.301 bits per heavy atom. The van der Waals surface area contributed by atoms with E-state index in [2.05, 4.69) is 55.4 Å². The van der Waals surface area contributed by atoms with Crippen LogP contribution in [0.5, 0.6) is 0 Å². The molecular formula is C74H144O17P2. The molecule has 17 nitrogen and oxygen atoms in total. The van der Waals surface area contributed by atoms with E-state index in [0.29, 0.717) is 31.6 Å². The van der Waals surface area contributed by atoms with Gasteiger partial charge in [-0.2, -0.15) is 0 Å². The van der Waals surface area contributed by atoms with Crippen LogP contribution in [-0.4, -0.2) is 96.7 Å². The lowest BCUT2D eigenvalue weighted by molar-refractivity contribution is -0.161. The molecule has 0 aromatic carbocycles. The first-order valence-corrected chi connectivity index (χ1v) is 41.2. The normalized spacial score (nSPS) is 14.5. The van der Waals surface area contributed by atoms with Gasteiger partial charge in [0.1, 0.15) is 19.3 Å². The van der Waals surface area contributed by atoms with Crippen molar-refractivity contribution in [1.29, 1.82) is 0 Å². The second-order valence-corrected chi connectivity index (χ2v) is 31.3. The Kier molecular flexibility index (Phi) is 62.2. The first-order chi connectivity index (χ1) is 44.6. The van der Waals surface area contributed by atoms with Crippen molar-refractivity contribution in [3.63, 3.8) is 0 Å². The molecule has 6 atom stereocenters. The van der Waals surface area contributed by atoms with Crippen molar-refractivity contribution in [1.82, 2.24) is 0 Å². The smallest absolute Gasteiger partial charge is 0.462 e. The lowest BCUT2D eigenvalue weighted by Crippen LogP contribution is -2.30. The summed E-state index contributed by atoms with van der Waals surface area (Å²) in [6, 6.07) is 0. The van der Waals surface area contributed by atoms with Crippen molar-refractivity contribution in [2.45, 2.75) is 388 Å². The molecule has 0 aromatic rings. The quantitative estimate of drug-likeness (QED) is 0.0222. The van der Waals surface area contributed by atoms with E-state index >= 15 is 0 Å². The van der Waals surface area contributed by atoms with E-state index in [9.17, 15) is 43.2 Å². The number of phosphoric ester groups is 2. The molecule has 552 valence electrons. The van der Waals surface area contributed by atoms with Crippen molar-refractivity contribution < 1.29 is 80.2 Å². The summed E-state index contributed by atoms with van der Waals surface area (Å²) >= 11 is 0. The molecule has 0 spiro atoms. The van der Waals surface area contributed by atoms with E-state index in [1.54, 1.807) is 0 Å². The minimum absolute atomic E-state index is 0.102. The highest BCUT2D eigenvalue weighted by atomic mass is 31.2. The molecule has 3 N–H and O–H groups in total. The summed E-state index contributed by atoms with van der Waals surface area (Å²) in [7, 11) is -9.91. The van der Waals surface area contributed by atoms with Gasteiger partial charge < -0.3 is 33.8 Å². The third-order valence-electron chi connectivity index (χ3n) is 17.4. The third-order valence-corrected chi connectivity index (χ3v) is 19.3. The number of carbonyl (C=O) groups excluding carboxylic acids is 4. The molecule has 0 bridgehead atoms. The maximum atomic E-state index is 13.0. The second kappa shape index (κ2) is 63.5. The molecule has 0 aliphatic carbocycles. The lowest BCUT2D eigenvalue weighted by Gasteiger charge is -2.21. The van der Waals surface area contributed by atoms with Gasteiger partial charge in [-0.05, 0) is 49.4 Å². The van der Waals surface area contributed by atoms with Crippen LogP contribution in [0, 0.1) is 23.7 Å². The standard InChI is InChI=1S/C74H144O17P2/c1-9-67(8)53-45-37-31-33-41-49-57-74(79)91-70(60-84-71(76)54-46-38-28-24-21-20-23-27-35-43-51-65(4)5)63-89-93(82,83)87-59-68(75)58-86-92(80,81)88-62-69(61-85-72(77)55-47-39-32-30-36-44-52-66(6)7)90-73(78)56-48-40-29-25-19-17-15-13-11-10-12-14-16-18-22-26-34-42-50-64(2)3/h64-70,75H,9-63H2,1-8H3,(H,80,81)(H,82,83)/t67?,68?,69-,70-/m1/s1. The summed E-state index contributed by atoms with van der Waals surface area (Å²) < 4.78 is 68.3. The molecule has 19 heteroatoms. The van der Waals surface area contributed by atoms with Crippen LogP contribution in [0.25, 0.3) is 0 Å². The minimum atomic E-state index is -4.95. The summed E-state index contributed by atoms with van der Waals surface area (Å²) in [4.78, 5) is 72.6. The first kappa shape index (κ1) is 91.1. The van der Waals surface area contributed by atoms with Crippen molar-refractivity contribution in [2.24, 2.45) is 23.7 Å². The summed E-state index contributed by atoms with van der Waals surface area (Å²) in [5.41, 5.74) is 0. The van der Waals surface area contributed by atoms with Crippen LogP contribution in [0.3, 0.4) is 0 Å². The number of carbonyl (C=O) groups is 4. The molecule has 93 heavy (non-hydrogen) atoms. The molecule has 4 unspecified atom stereocenters.